The normalized spacial score (nSPS) is 13.2. The lowest BCUT2D eigenvalue weighted by Gasteiger charge is -2.28. The molecule has 3 rings (SSSR count). The Balaban J connectivity index is 1.68. The number of rotatable bonds is 9. The van der Waals surface area contributed by atoms with Crippen LogP contribution in [-0.4, -0.2) is 45.4 Å². The maximum absolute atomic E-state index is 13.1. The summed E-state index contributed by atoms with van der Waals surface area (Å²) in [7, 11) is 1.98. The van der Waals surface area contributed by atoms with Crippen LogP contribution in [0.4, 0.5) is 10.5 Å². The maximum Gasteiger partial charge on any atom is 0.322 e. The van der Waals surface area contributed by atoms with Gasteiger partial charge < -0.3 is 19.7 Å². The summed E-state index contributed by atoms with van der Waals surface area (Å²) in [5.74, 6) is -0.0286. The van der Waals surface area contributed by atoms with Crippen LogP contribution >= 0.6 is 23.2 Å². The van der Waals surface area contributed by atoms with Crippen molar-refractivity contribution in [1.82, 2.24) is 14.4 Å². The zero-order valence-electron chi connectivity index (χ0n) is 17.4. The average Bonchev–Trinajstić information content (AvgIpc) is 3.47. The van der Waals surface area contributed by atoms with Crippen molar-refractivity contribution in [2.45, 2.75) is 45.2 Å². The first-order valence-corrected chi connectivity index (χ1v) is 11.0. The van der Waals surface area contributed by atoms with Crippen LogP contribution in [-0.2, 0) is 18.4 Å². The van der Waals surface area contributed by atoms with Crippen molar-refractivity contribution >= 4 is 40.8 Å². The molecule has 0 spiro atoms. The van der Waals surface area contributed by atoms with Gasteiger partial charge in [0, 0.05) is 37.2 Å². The van der Waals surface area contributed by atoms with Gasteiger partial charge in [0.05, 0.1) is 16.6 Å². The molecule has 0 aliphatic heterocycles. The number of aryl methyl sites for hydroxylation is 1. The van der Waals surface area contributed by atoms with Gasteiger partial charge in [-0.05, 0) is 49.6 Å². The van der Waals surface area contributed by atoms with Gasteiger partial charge >= 0.3 is 6.03 Å². The summed E-state index contributed by atoms with van der Waals surface area (Å²) < 4.78 is 2.02. The van der Waals surface area contributed by atoms with Crippen LogP contribution in [0, 0.1) is 0 Å². The third-order valence-corrected chi connectivity index (χ3v) is 6.00. The van der Waals surface area contributed by atoms with Gasteiger partial charge in [0.1, 0.15) is 6.54 Å². The molecular weight excluding hydrogens is 423 g/mol. The van der Waals surface area contributed by atoms with E-state index in [0.29, 0.717) is 28.8 Å². The van der Waals surface area contributed by atoms with Gasteiger partial charge in [0.2, 0.25) is 5.91 Å². The van der Waals surface area contributed by atoms with Crippen LogP contribution in [0.3, 0.4) is 0 Å². The molecule has 1 fully saturated rings. The number of unbranched alkanes of at least 4 members (excludes halogenated alkanes) is 1. The lowest BCUT2D eigenvalue weighted by molar-refractivity contribution is -0.133. The monoisotopic (exact) mass is 450 g/mol. The maximum atomic E-state index is 13.1. The summed E-state index contributed by atoms with van der Waals surface area (Å²) >= 11 is 12.0. The molecule has 1 aromatic heterocycles. The first-order valence-electron chi connectivity index (χ1n) is 10.3. The van der Waals surface area contributed by atoms with Crippen molar-refractivity contribution in [2.24, 2.45) is 7.05 Å². The molecule has 0 radical (unpaired) electrons. The third-order valence-electron chi connectivity index (χ3n) is 5.26. The summed E-state index contributed by atoms with van der Waals surface area (Å²) in [4.78, 5) is 29.5. The number of hydrogen-bond donors (Lipinski definition) is 1. The molecule has 3 amide bonds. The number of nitrogens with zero attached hydrogens (tertiary/aromatic N) is 3. The molecular formula is C22H28Cl2N4O2. The molecule has 1 aromatic carbocycles. The van der Waals surface area contributed by atoms with E-state index in [-0.39, 0.29) is 24.5 Å². The fourth-order valence-electron chi connectivity index (χ4n) is 3.27. The highest BCUT2D eigenvalue weighted by molar-refractivity contribution is 6.42. The van der Waals surface area contributed by atoms with Crippen LogP contribution in [0.25, 0.3) is 0 Å². The lowest BCUT2D eigenvalue weighted by Crippen LogP contribution is -2.45. The molecule has 0 saturated heterocycles. The van der Waals surface area contributed by atoms with Crippen LogP contribution in [0.5, 0.6) is 0 Å². The number of carbonyl (C=O) groups excluding carboxylic acids is 2. The van der Waals surface area contributed by atoms with E-state index in [1.165, 1.54) is 0 Å². The number of urea groups is 1. The summed E-state index contributed by atoms with van der Waals surface area (Å²) in [6.07, 6.45) is 5.76. The molecule has 30 heavy (non-hydrogen) atoms. The molecule has 0 atom stereocenters. The molecule has 8 heteroatoms. The van der Waals surface area contributed by atoms with Crippen LogP contribution in [0.2, 0.25) is 10.0 Å². The standard InChI is InChI=1S/C22H28Cl2N4O2/c1-3-4-12-27(22(30)25-16-7-10-19(23)20(24)13-16)15-21(29)28(17-8-9-17)14-18-6-5-11-26(18)2/h5-7,10-11,13,17H,3-4,8-9,12,14-15H2,1-2H3,(H,25,30). The zero-order chi connectivity index (χ0) is 21.7. The largest absolute Gasteiger partial charge is 0.353 e. The minimum absolute atomic E-state index is 0.0286. The van der Waals surface area contributed by atoms with E-state index >= 15 is 0 Å². The van der Waals surface area contributed by atoms with Gasteiger partial charge in [-0.25, -0.2) is 4.79 Å². The second kappa shape index (κ2) is 10.2. The summed E-state index contributed by atoms with van der Waals surface area (Å²) in [6, 6.07) is 8.88. The van der Waals surface area contributed by atoms with Crippen molar-refractivity contribution in [1.29, 1.82) is 0 Å². The molecule has 0 bridgehead atoms. The Morgan fingerprint density at radius 2 is 1.97 bits per heavy atom. The molecule has 162 valence electrons. The predicted molar refractivity (Wildman–Crippen MR) is 121 cm³/mol. The van der Waals surface area contributed by atoms with Gasteiger partial charge in [-0.15, -0.1) is 0 Å². The highest BCUT2D eigenvalue weighted by Crippen LogP contribution is 2.29. The Kier molecular flexibility index (Phi) is 7.67. The van der Waals surface area contributed by atoms with Gasteiger partial charge in [0.25, 0.3) is 0 Å². The topological polar surface area (TPSA) is 57.6 Å². The number of amides is 3. The number of nitrogens with one attached hydrogen (secondary N) is 1. The number of anilines is 1. The molecule has 1 aliphatic carbocycles. The van der Waals surface area contributed by atoms with Crippen molar-refractivity contribution in [3.63, 3.8) is 0 Å². The van der Waals surface area contributed by atoms with E-state index in [1.807, 2.05) is 34.8 Å². The number of carbonyl (C=O) groups is 2. The Morgan fingerprint density at radius 3 is 2.57 bits per heavy atom. The van der Waals surface area contributed by atoms with Gasteiger partial charge in [-0.1, -0.05) is 36.5 Å². The number of hydrogen-bond acceptors (Lipinski definition) is 2. The van der Waals surface area contributed by atoms with E-state index in [2.05, 4.69) is 12.2 Å². The number of aromatic nitrogens is 1. The predicted octanol–water partition coefficient (Wildman–Crippen LogP) is 5.16. The Bertz CT molecular complexity index is 895. The van der Waals surface area contributed by atoms with Crippen molar-refractivity contribution in [3.05, 3.63) is 52.3 Å². The van der Waals surface area contributed by atoms with E-state index in [0.717, 1.165) is 31.4 Å². The fraction of sp³-hybridized carbons (Fsp3) is 0.455. The van der Waals surface area contributed by atoms with Crippen LogP contribution in [0.1, 0.15) is 38.3 Å². The van der Waals surface area contributed by atoms with Crippen LogP contribution < -0.4 is 5.32 Å². The fourth-order valence-corrected chi connectivity index (χ4v) is 3.57. The highest BCUT2D eigenvalue weighted by atomic mass is 35.5. The van der Waals surface area contributed by atoms with Crippen molar-refractivity contribution in [3.8, 4) is 0 Å². The Morgan fingerprint density at radius 1 is 1.20 bits per heavy atom. The van der Waals surface area contributed by atoms with Gasteiger partial charge in [-0.2, -0.15) is 0 Å². The minimum Gasteiger partial charge on any atom is -0.353 e. The van der Waals surface area contributed by atoms with E-state index in [9.17, 15) is 9.59 Å². The SMILES string of the molecule is CCCCN(CC(=O)N(Cc1cccn1C)C1CC1)C(=O)Nc1ccc(Cl)c(Cl)c1. The molecule has 1 aliphatic rings. The summed E-state index contributed by atoms with van der Waals surface area (Å²) in [6.45, 7) is 3.18. The second-order valence-electron chi connectivity index (χ2n) is 7.70. The van der Waals surface area contributed by atoms with E-state index in [4.69, 9.17) is 23.2 Å². The van der Waals surface area contributed by atoms with Gasteiger partial charge in [-0.3, -0.25) is 4.79 Å². The quantitative estimate of drug-likeness (QED) is 0.573. The highest BCUT2D eigenvalue weighted by Gasteiger charge is 2.34. The molecule has 2 aromatic rings. The van der Waals surface area contributed by atoms with E-state index in [1.54, 1.807) is 23.1 Å². The number of benzene rings is 1. The first kappa shape index (κ1) is 22.5. The third kappa shape index (κ3) is 5.92. The molecule has 1 N–H and O–H groups in total. The average molecular weight is 451 g/mol. The summed E-state index contributed by atoms with van der Waals surface area (Å²) in [5, 5.41) is 3.62. The second-order valence-corrected chi connectivity index (χ2v) is 8.51. The first-order chi connectivity index (χ1) is 14.4. The zero-order valence-corrected chi connectivity index (χ0v) is 18.9. The van der Waals surface area contributed by atoms with Crippen molar-refractivity contribution < 1.29 is 9.59 Å². The minimum atomic E-state index is -0.315. The van der Waals surface area contributed by atoms with E-state index < -0.39 is 0 Å². The molecule has 1 heterocycles. The Hall–Kier alpha value is -2.18. The van der Waals surface area contributed by atoms with Crippen molar-refractivity contribution in [2.75, 3.05) is 18.4 Å². The van der Waals surface area contributed by atoms with Gasteiger partial charge in [0.15, 0.2) is 0 Å². The summed E-state index contributed by atoms with van der Waals surface area (Å²) in [5.41, 5.74) is 1.63. The molecule has 1 saturated carbocycles. The molecule has 0 unspecified atom stereocenters. The molecule has 6 nitrogen and oxygen atoms in total. The Labute approximate surface area is 187 Å². The lowest BCUT2D eigenvalue weighted by atomic mass is 10.3. The van der Waals surface area contributed by atoms with Crippen LogP contribution in [0.15, 0.2) is 36.5 Å². The smallest absolute Gasteiger partial charge is 0.322 e. The number of halogens is 2.